The molecule has 2 aliphatic heterocycles. The summed E-state index contributed by atoms with van der Waals surface area (Å²) >= 11 is 12.4. The molecule has 0 saturated carbocycles. The highest BCUT2D eigenvalue weighted by Gasteiger charge is 2.41. The van der Waals surface area contributed by atoms with Gasteiger partial charge in [0.1, 0.15) is 5.92 Å². The maximum Gasteiger partial charge on any atom is 0.289 e. The Morgan fingerprint density at radius 2 is 1.79 bits per heavy atom. The largest absolute Gasteiger partial charge is 0.459 e. The zero-order chi connectivity index (χ0) is 23.1. The second-order valence-electron chi connectivity index (χ2n) is 8.08. The van der Waals surface area contributed by atoms with Crippen LogP contribution in [0.15, 0.2) is 58.3 Å². The molecule has 33 heavy (non-hydrogen) atoms. The number of halogens is 2. The zero-order valence-corrected chi connectivity index (χ0v) is 19.3. The molecule has 3 aromatic rings. The van der Waals surface area contributed by atoms with E-state index in [0.29, 0.717) is 53.5 Å². The Hall–Kier alpha value is -3.10. The van der Waals surface area contributed by atoms with Gasteiger partial charge in [-0.1, -0.05) is 29.3 Å². The summed E-state index contributed by atoms with van der Waals surface area (Å²) in [4.78, 5) is 34.4. The summed E-state index contributed by atoms with van der Waals surface area (Å²) in [5, 5.41) is 5.30. The number of rotatable bonds is 3. The number of aromatic nitrogens is 2. The number of nitrogens with zero attached hydrogens (tertiary/aromatic N) is 5. The smallest absolute Gasteiger partial charge is 0.289 e. The molecule has 2 aromatic heterocycles. The van der Waals surface area contributed by atoms with Gasteiger partial charge in [0.15, 0.2) is 11.6 Å². The van der Waals surface area contributed by atoms with Crippen molar-refractivity contribution in [1.29, 1.82) is 0 Å². The first-order chi connectivity index (χ1) is 15.9. The summed E-state index contributed by atoms with van der Waals surface area (Å²) in [5.41, 5.74) is 1.53. The molecule has 2 aliphatic rings. The van der Waals surface area contributed by atoms with E-state index in [9.17, 15) is 9.59 Å². The van der Waals surface area contributed by atoms with Gasteiger partial charge in [0.05, 0.1) is 28.5 Å². The summed E-state index contributed by atoms with van der Waals surface area (Å²) in [5.74, 6) is 0.204. The Morgan fingerprint density at radius 3 is 2.48 bits per heavy atom. The van der Waals surface area contributed by atoms with Gasteiger partial charge in [0.2, 0.25) is 5.91 Å². The molecule has 2 unspecified atom stereocenters. The van der Waals surface area contributed by atoms with E-state index in [0.717, 1.165) is 5.56 Å². The number of benzene rings is 1. The van der Waals surface area contributed by atoms with Gasteiger partial charge in [0, 0.05) is 38.0 Å². The normalized spacial score (nSPS) is 20.4. The first kappa shape index (κ1) is 21.7. The van der Waals surface area contributed by atoms with Crippen LogP contribution in [0, 0.1) is 5.92 Å². The van der Waals surface area contributed by atoms with Crippen molar-refractivity contribution < 1.29 is 14.0 Å². The van der Waals surface area contributed by atoms with Gasteiger partial charge in [-0.15, -0.1) is 0 Å². The van der Waals surface area contributed by atoms with E-state index >= 15 is 0 Å². The Morgan fingerprint density at radius 1 is 1.03 bits per heavy atom. The minimum absolute atomic E-state index is 0.0569. The van der Waals surface area contributed by atoms with E-state index in [1.807, 2.05) is 19.1 Å². The van der Waals surface area contributed by atoms with Gasteiger partial charge < -0.3 is 14.2 Å². The number of carbonyl (C=O) groups is 2. The molecular formula is C23H21Cl2N5O3. The van der Waals surface area contributed by atoms with Gasteiger partial charge in [-0.05, 0) is 36.8 Å². The molecule has 0 N–H and O–H groups in total. The molecule has 2 atom stereocenters. The predicted octanol–water partition coefficient (Wildman–Crippen LogP) is 4.08. The molecule has 4 heterocycles. The van der Waals surface area contributed by atoms with Crippen molar-refractivity contribution in [3.8, 4) is 0 Å². The lowest BCUT2D eigenvalue weighted by atomic mass is 9.87. The van der Waals surface area contributed by atoms with Crippen molar-refractivity contribution in [2.75, 3.05) is 26.2 Å². The number of furan rings is 1. The SMILES string of the molecule is CC1=Nc2ccnn2C(c2ccc(Cl)c(Cl)c2)C1C(=O)N1CCN(C(=O)c2ccco2)CC1. The molecular weight excluding hydrogens is 465 g/mol. The highest BCUT2D eigenvalue weighted by Crippen LogP contribution is 2.38. The molecule has 10 heteroatoms. The van der Waals surface area contributed by atoms with Crippen molar-refractivity contribution in [3.05, 3.63) is 70.2 Å². The molecule has 8 nitrogen and oxygen atoms in total. The lowest BCUT2D eigenvalue weighted by Gasteiger charge is -2.39. The molecule has 0 spiro atoms. The fourth-order valence-electron chi connectivity index (χ4n) is 4.46. The van der Waals surface area contributed by atoms with E-state index in [2.05, 4.69) is 10.1 Å². The standard InChI is InChI=1S/C23H21Cl2N5O3/c1-14-20(23(32)29-10-8-28(9-11-29)22(31)18-3-2-12-33-18)21(30-19(27-14)6-7-26-30)15-4-5-16(24)17(25)13-15/h2-7,12-13,20-21H,8-11H2,1H3. The molecule has 2 amide bonds. The van der Waals surface area contributed by atoms with Crippen LogP contribution in [0.3, 0.4) is 0 Å². The van der Waals surface area contributed by atoms with Crippen LogP contribution in [0.1, 0.15) is 29.1 Å². The second kappa shape index (κ2) is 8.68. The monoisotopic (exact) mass is 485 g/mol. The van der Waals surface area contributed by atoms with E-state index < -0.39 is 12.0 Å². The van der Waals surface area contributed by atoms with Crippen molar-refractivity contribution in [2.24, 2.45) is 10.9 Å². The molecule has 0 aliphatic carbocycles. The predicted molar refractivity (Wildman–Crippen MR) is 124 cm³/mol. The number of hydrogen-bond acceptors (Lipinski definition) is 5. The van der Waals surface area contributed by atoms with E-state index in [1.165, 1.54) is 6.26 Å². The minimum Gasteiger partial charge on any atom is -0.459 e. The third-order valence-corrected chi connectivity index (χ3v) is 6.87. The number of carbonyl (C=O) groups excluding carboxylic acids is 2. The number of amides is 2. The fourth-order valence-corrected chi connectivity index (χ4v) is 4.76. The van der Waals surface area contributed by atoms with E-state index in [-0.39, 0.29) is 11.8 Å². The quantitative estimate of drug-likeness (QED) is 0.559. The van der Waals surface area contributed by atoms with Crippen LogP contribution < -0.4 is 0 Å². The summed E-state index contributed by atoms with van der Waals surface area (Å²) in [6.45, 7) is 3.57. The summed E-state index contributed by atoms with van der Waals surface area (Å²) in [6, 6.07) is 10.1. The van der Waals surface area contributed by atoms with Crippen LogP contribution in [0.5, 0.6) is 0 Å². The van der Waals surface area contributed by atoms with E-state index in [4.69, 9.17) is 27.6 Å². The van der Waals surface area contributed by atoms with Crippen molar-refractivity contribution in [1.82, 2.24) is 19.6 Å². The lowest BCUT2D eigenvalue weighted by molar-refractivity contribution is -0.135. The Bertz CT molecular complexity index is 1230. The van der Waals surface area contributed by atoms with Crippen molar-refractivity contribution in [2.45, 2.75) is 13.0 Å². The van der Waals surface area contributed by atoms with Crippen LogP contribution in [0.2, 0.25) is 10.0 Å². The second-order valence-corrected chi connectivity index (χ2v) is 8.89. The topological polar surface area (TPSA) is 83.9 Å². The van der Waals surface area contributed by atoms with Crippen LogP contribution in [0.4, 0.5) is 5.82 Å². The summed E-state index contributed by atoms with van der Waals surface area (Å²) in [7, 11) is 0. The summed E-state index contributed by atoms with van der Waals surface area (Å²) in [6.07, 6.45) is 3.15. The van der Waals surface area contributed by atoms with Gasteiger partial charge in [-0.2, -0.15) is 5.10 Å². The number of aliphatic imine (C=N–C) groups is 1. The number of hydrogen-bond donors (Lipinski definition) is 0. The average molecular weight is 486 g/mol. The average Bonchev–Trinajstić information content (AvgIpc) is 3.51. The third kappa shape index (κ3) is 3.94. The van der Waals surface area contributed by atoms with Crippen molar-refractivity contribution in [3.63, 3.8) is 0 Å². The fraction of sp³-hybridized carbons (Fsp3) is 0.304. The zero-order valence-electron chi connectivity index (χ0n) is 17.8. The Kier molecular flexibility index (Phi) is 5.72. The molecule has 0 radical (unpaired) electrons. The minimum atomic E-state index is -0.554. The third-order valence-electron chi connectivity index (χ3n) is 6.13. The Balaban J connectivity index is 1.40. The van der Waals surface area contributed by atoms with Crippen LogP contribution in [-0.2, 0) is 4.79 Å². The molecule has 1 saturated heterocycles. The van der Waals surface area contributed by atoms with Gasteiger partial charge in [-0.25, -0.2) is 9.67 Å². The molecule has 170 valence electrons. The number of piperazine rings is 1. The lowest BCUT2D eigenvalue weighted by Crippen LogP contribution is -2.54. The maximum atomic E-state index is 13.8. The summed E-state index contributed by atoms with van der Waals surface area (Å²) < 4.78 is 6.98. The first-order valence-electron chi connectivity index (χ1n) is 10.6. The molecule has 1 fully saturated rings. The van der Waals surface area contributed by atoms with Gasteiger partial charge >= 0.3 is 0 Å². The van der Waals surface area contributed by atoms with Gasteiger partial charge in [0.25, 0.3) is 5.91 Å². The van der Waals surface area contributed by atoms with E-state index in [1.54, 1.807) is 44.9 Å². The Labute approximate surface area is 200 Å². The molecule has 5 rings (SSSR count). The molecule has 0 bridgehead atoms. The van der Waals surface area contributed by atoms with Gasteiger partial charge in [-0.3, -0.25) is 9.59 Å². The highest BCUT2D eigenvalue weighted by molar-refractivity contribution is 6.42. The van der Waals surface area contributed by atoms with Crippen LogP contribution in [0.25, 0.3) is 0 Å². The van der Waals surface area contributed by atoms with Crippen molar-refractivity contribution >= 4 is 46.5 Å². The van der Waals surface area contributed by atoms with Crippen LogP contribution in [-0.4, -0.2) is 63.3 Å². The first-order valence-corrected chi connectivity index (χ1v) is 11.3. The highest BCUT2D eigenvalue weighted by atomic mass is 35.5. The maximum absolute atomic E-state index is 13.8. The molecule has 1 aromatic carbocycles. The number of fused-ring (bicyclic) bond motifs is 1. The van der Waals surface area contributed by atoms with Crippen LogP contribution >= 0.6 is 23.2 Å².